The van der Waals surface area contributed by atoms with Gasteiger partial charge in [0.2, 0.25) is 5.62 Å². The summed E-state index contributed by atoms with van der Waals surface area (Å²) in [5.41, 5.74) is 6.91. The topological polar surface area (TPSA) is 83.0 Å². The molecule has 0 aliphatic carbocycles. The van der Waals surface area contributed by atoms with Gasteiger partial charge in [0, 0.05) is 19.2 Å². The lowest BCUT2D eigenvalue weighted by molar-refractivity contribution is 0.336. The van der Waals surface area contributed by atoms with Crippen LogP contribution in [-0.2, 0) is 13.6 Å². The van der Waals surface area contributed by atoms with E-state index in [0.717, 1.165) is 24.6 Å². The molecule has 2 rings (SSSR count). The van der Waals surface area contributed by atoms with E-state index in [4.69, 9.17) is 11.1 Å². The van der Waals surface area contributed by atoms with Crippen LogP contribution in [0, 0.1) is 5.41 Å². The van der Waals surface area contributed by atoms with Gasteiger partial charge in [-0.25, -0.2) is 0 Å². The maximum Gasteiger partial charge on any atom is 0.225 e. The molecular weight excluding hydrogens is 180 g/mol. The number of hydrogen-bond acceptors (Lipinski definition) is 5. The van der Waals surface area contributed by atoms with Crippen molar-refractivity contribution in [2.24, 2.45) is 7.05 Å². The van der Waals surface area contributed by atoms with Gasteiger partial charge in [0.05, 0.1) is 6.67 Å². The van der Waals surface area contributed by atoms with E-state index in [1.54, 1.807) is 4.57 Å². The normalized spacial score (nSPS) is 16.1. The minimum atomic E-state index is 0.179. The molecule has 6 heteroatoms. The maximum absolute atomic E-state index is 7.57. The summed E-state index contributed by atoms with van der Waals surface area (Å²) in [4.78, 5) is 6.06. The Morgan fingerprint density at radius 2 is 2.21 bits per heavy atom. The molecule has 0 atom stereocenters. The zero-order valence-electron chi connectivity index (χ0n) is 8.33. The van der Waals surface area contributed by atoms with Gasteiger partial charge in [-0.2, -0.15) is 4.98 Å². The summed E-state index contributed by atoms with van der Waals surface area (Å²) < 4.78 is 1.71. The monoisotopic (exact) mass is 194 g/mol. The number of nitrogens with one attached hydrogen (secondary N) is 2. The zero-order valence-corrected chi connectivity index (χ0v) is 8.33. The molecule has 14 heavy (non-hydrogen) atoms. The molecule has 0 saturated heterocycles. The van der Waals surface area contributed by atoms with E-state index in [2.05, 4.69) is 15.2 Å². The first-order chi connectivity index (χ1) is 6.59. The van der Waals surface area contributed by atoms with Crippen molar-refractivity contribution in [3.05, 3.63) is 11.2 Å². The summed E-state index contributed by atoms with van der Waals surface area (Å²) in [6, 6.07) is 0. The second-order valence-corrected chi connectivity index (χ2v) is 3.56. The molecule has 0 saturated carbocycles. The van der Waals surface area contributed by atoms with Gasteiger partial charge in [-0.1, -0.05) is 0 Å². The van der Waals surface area contributed by atoms with E-state index < -0.39 is 0 Å². The number of hydrogen-bond donors (Lipinski definition) is 3. The van der Waals surface area contributed by atoms with Crippen molar-refractivity contribution >= 4 is 11.6 Å². The largest absolute Gasteiger partial charge is 0.383 e. The molecule has 0 radical (unpaired) electrons. The molecule has 1 aliphatic heterocycles. The highest BCUT2D eigenvalue weighted by atomic mass is 15.3. The average Bonchev–Trinajstić information content (AvgIpc) is 2.14. The molecule has 1 aromatic rings. The van der Waals surface area contributed by atoms with Gasteiger partial charge in [-0.15, -0.1) is 0 Å². The summed E-state index contributed by atoms with van der Waals surface area (Å²) in [6.07, 6.45) is 0. The predicted octanol–water partition coefficient (Wildman–Crippen LogP) is -0.703. The fraction of sp³-hybridized carbons (Fsp3) is 0.500. The van der Waals surface area contributed by atoms with Crippen LogP contribution < -0.4 is 16.7 Å². The molecule has 1 aliphatic rings. The molecule has 2 heterocycles. The number of anilines is 2. The first-order valence-corrected chi connectivity index (χ1v) is 4.42. The average molecular weight is 194 g/mol. The summed E-state index contributed by atoms with van der Waals surface area (Å²) >= 11 is 0. The Morgan fingerprint density at radius 3 is 2.93 bits per heavy atom. The number of rotatable bonds is 0. The zero-order chi connectivity index (χ0) is 10.3. The summed E-state index contributed by atoms with van der Waals surface area (Å²) in [7, 11) is 3.82. The number of nitrogens with zero attached hydrogens (tertiary/aromatic N) is 3. The van der Waals surface area contributed by atoms with Gasteiger partial charge in [0.1, 0.15) is 11.6 Å². The molecule has 0 aromatic carbocycles. The van der Waals surface area contributed by atoms with Crippen LogP contribution in [0.3, 0.4) is 0 Å². The summed E-state index contributed by atoms with van der Waals surface area (Å²) in [5.74, 6) is 1.35. The van der Waals surface area contributed by atoms with Crippen molar-refractivity contribution in [1.29, 1.82) is 5.41 Å². The molecule has 0 unspecified atom stereocenters. The van der Waals surface area contributed by atoms with Crippen LogP contribution in [-0.4, -0.2) is 28.2 Å². The second-order valence-electron chi connectivity index (χ2n) is 3.56. The number of nitrogen functional groups attached to an aromatic ring is 1. The molecule has 0 spiro atoms. The Hall–Kier alpha value is -1.56. The minimum Gasteiger partial charge on any atom is -0.383 e. The highest BCUT2D eigenvalue weighted by molar-refractivity contribution is 5.56. The predicted molar refractivity (Wildman–Crippen MR) is 53.4 cm³/mol. The smallest absolute Gasteiger partial charge is 0.225 e. The van der Waals surface area contributed by atoms with Crippen LogP contribution >= 0.6 is 0 Å². The molecule has 6 nitrogen and oxygen atoms in total. The van der Waals surface area contributed by atoms with Gasteiger partial charge in [-0.3, -0.25) is 14.9 Å². The summed E-state index contributed by atoms with van der Waals surface area (Å²) in [5, 5.41) is 10.8. The second kappa shape index (κ2) is 2.98. The van der Waals surface area contributed by atoms with E-state index in [1.165, 1.54) is 0 Å². The van der Waals surface area contributed by atoms with Crippen LogP contribution in [0.25, 0.3) is 0 Å². The third kappa shape index (κ3) is 1.24. The maximum atomic E-state index is 7.57. The number of aromatic nitrogens is 2. The van der Waals surface area contributed by atoms with Crippen molar-refractivity contribution in [1.82, 2.24) is 14.5 Å². The fourth-order valence-corrected chi connectivity index (χ4v) is 1.60. The molecule has 0 bridgehead atoms. The standard InChI is InChI=1S/C8H14N6/c1-13-3-5-6(9)12-8(10)14(2)7(5)11-4-13/h11H,3-4H2,1-2H3,(H3,9,10,12). The molecule has 76 valence electrons. The Labute approximate surface area is 81.9 Å². The Morgan fingerprint density at radius 1 is 1.50 bits per heavy atom. The lowest BCUT2D eigenvalue weighted by atomic mass is 10.2. The van der Waals surface area contributed by atoms with E-state index in [9.17, 15) is 0 Å². The quantitative estimate of drug-likeness (QED) is 0.510. The Bertz CT molecular complexity index is 421. The first kappa shape index (κ1) is 9.01. The van der Waals surface area contributed by atoms with Crippen molar-refractivity contribution < 1.29 is 0 Å². The van der Waals surface area contributed by atoms with Crippen molar-refractivity contribution in [3.8, 4) is 0 Å². The number of fused-ring (bicyclic) bond motifs is 1. The van der Waals surface area contributed by atoms with Crippen LogP contribution in [0.15, 0.2) is 0 Å². The van der Waals surface area contributed by atoms with E-state index >= 15 is 0 Å². The third-order valence-corrected chi connectivity index (χ3v) is 2.42. The summed E-state index contributed by atoms with van der Waals surface area (Å²) in [6.45, 7) is 1.54. The van der Waals surface area contributed by atoms with Crippen LogP contribution in [0.1, 0.15) is 5.56 Å². The third-order valence-electron chi connectivity index (χ3n) is 2.42. The van der Waals surface area contributed by atoms with Crippen LogP contribution in [0.5, 0.6) is 0 Å². The fourth-order valence-electron chi connectivity index (χ4n) is 1.60. The van der Waals surface area contributed by atoms with Crippen LogP contribution in [0.4, 0.5) is 11.6 Å². The first-order valence-electron chi connectivity index (χ1n) is 4.42. The van der Waals surface area contributed by atoms with Crippen molar-refractivity contribution in [2.45, 2.75) is 6.54 Å². The number of nitrogens with two attached hydrogens (primary N) is 1. The van der Waals surface area contributed by atoms with Gasteiger partial charge in [-0.05, 0) is 7.05 Å². The molecule has 1 aromatic heterocycles. The molecule has 0 amide bonds. The lowest BCUT2D eigenvalue weighted by Crippen LogP contribution is -2.36. The van der Waals surface area contributed by atoms with Gasteiger partial charge in [0.25, 0.3) is 0 Å². The highest BCUT2D eigenvalue weighted by Crippen LogP contribution is 2.22. The van der Waals surface area contributed by atoms with Crippen LogP contribution in [0.2, 0.25) is 0 Å². The van der Waals surface area contributed by atoms with Gasteiger partial charge < -0.3 is 11.1 Å². The minimum absolute atomic E-state index is 0.179. The Balaban J connectivity index is 2.63. The van der Waals surface area contributed by atoms with E-state index in [-0.39, 0.29) is 5.62 Å². The highest BCUT2D eigenvalue weighted by Gasteiger charge is 2.18. The molecule has 0 fully saturated rings. The van der Waals surface area contributed by atoms with E-state index in [0.29, 0.717) is 5.82 Å². The molecule has 4 N–H and O–H groups in total. The Kier molecular flexibility index (Phi) is 1.92. The van der Waals surface area contributed by atoms with Gasteiger partial charge >= 0.3 is 0 Å². The van der Waals surface area contributed by atoms with Gasteiger partial charge in [0.15, 0.2) is 0 Å². The lowest BCUT2D eigenvalue weighted by Gasteiger charge is -2.28. The van der Waals surface area contributed by atoms with Crippen molar-refractivity contribution in [2.75, 3.05) is 24.8 Å². The molecular formula is C8H14N6. The van der Waals surface area contributed by atoms with Crippen molar-refractivity contribution in [3.63, 3.8) is 0 Å². The van der Waals surface area contributed by atoms with E-state index in [1.807, 2.05) is 14.1 Å². The SMILES string of the molecule is CN1CNc2c(c(N)nc(=N)n2C)C1.